The second-order valence-electron chi connectivity index (χ2n) is 5.82. The van der Waals surface area contributed by atoms with E-state index >= 15 is 0 Å². The van der Waals surface area contributed by atoms with Crippen molar-refractivity contribution in [3.05, 3.63) is 0 Å². The van der Waals surface area contributed by atoms with Gasteiger partial charge >= 0.3 is 0 Å². The van der Waals surface area contributed by atoms with Gasteiger partial charge in [0.15, 0.2) is 0 Å². The second-order valence-corrected chi connectivity index (χ2v) is 5.82. The Hall–Kier alpha value is -0.0800. The molecule has 1 rings (SSSR count). The molecule has 0 aromatic rings. The molecule has 1 saturated carbocycles. The minimum Gasteiger partial charge on any atom is -0.393 e. The first-order chi connectivity index (χ1) is 8.19. The molecule has 2 unspecified atom stereocenters. The van der Waals surface area contributed by atoms with Crippen molar-refractivity contribution in [1.82, 2.24) is 0 Å². The Bertz CT molecular complexity index is 185. The van der Waals surface area contributed by atoms with E-state index in [1.165, 1.54) is 38.5 Å². The van der Waals surface area contributed by atoms with E-state index in [1.54, 1.807) is 7.11 Å². The summed E-state index contributed by atoms with van der Waals surface area (Å²) in [5, 5.41) is 10.3. The Morgan fingerprint density at radius 2 is 1.88 bits per heavy atom. The summed E-state index contributed by atoms with van der Waals surface area (Å²) in [6.45, 7) is 5.19. The number of methoxy groups -OCH3 is 1. The average molecular weight is 242 g/mol. The highest BCUT2D eigenvalue weighted by molar-refractivity contribution is 4.80. The fourth-order valence-corrected chi connectivity index (χ4v) is 3.17. The van der Waals surface area contributed by atoms with Crippen LogP contribution in [-0.4, -0.2) is 24.9 Å². The molecule has 0 aromatic carbocycles. The van der Waals surface area contributed by atoms with Crippen molar-refractivity contribution >= 4 is 0 Å². The van der Waals surface area contributed by atoms with Gasteiger partial charge < -0.3 is 9.84 Å². The lowest BCUT2D eigenvalue weighted by atomic mass is 9.75. The molecule has 1 fully saturated rings. The molecule has 0 saturated heterocycles. The number of rotatable bonds is 7. The maximum absolute atomic E-state index is 10.3. The number of aliphatic hydroxyl groups excluding tert-OH is 1. The van der Waals surface area contributed by atoms with Crippen molar-refractivity contribution in [2.24, 2.45) is 17.8 Å². The normalized spacial score (nSPS) is 28.9. The molecule has 0 amide bonds. The minimum absolute atomic E-state index is 0.118. The largest absolute Gasteiger partial charge is 0.393 e. The highest BCUT2D eigenvalue weighted by atomic mass is 16.5. The highest BCUT2D eigenvalue weighted by Gasteiger charge is 2.28. The quantitative estimate of drug-likeness (QED) is 0.739. The topological polar surface area (TPSA) is 29.5 Å². The number of aliphatic hydroxyl groups is 1. The summed E-state index contributed by atoms with van der Waals surface area (Å²) in [6, 6.07) is 0. The molecule has 17 heavy (non-hydrogen) atoms. The van der Waals surface area contributed by atoms with Crippen LogP contribution in [0.3, 0.4) is 0 Å². The molecule has 0 aliphatic heterocycles. The Morgan fingerprint density at radius 1 is 1.24 bits per heavy atom. The number of hydrogen-bond acceptors (Lipinski definition) is 2. The van der Waals surface area contributed by atoms with E-state index in [2.05, 4.69) is 13.8 Å². The Morgan fingerprint density at radius 3 is 2.41 bits per heavy atom. The van der Waals surface area contributed by atoms with E-state index in [4.69, 9.17) is 4.74 Å². The summed E-state index contributed by atoms with van der Waals surface area (Å²) in [7, 11) is 1.73. The molecule has 2 nitrogen and oxygen atoms in total. The Labute approximate surface area is 107 Å². The van der Waals surface area contributed by atoms with Crippen LogP contribution in [0.1, 0.15) is 58.8 Å². The maximum atomic E-state index is 10.3. The Balaban J connectivity index is 2.27. The van der Waals surface area contributed by atoms with Gasteiger partial charge in [0.1, 0.15) is 0 Å². The zero-order valence-corrected chi connectivity index (χ0v) is 11.8. The van der Waals surface area contributed by atoms with E-state index in [0.29, 0.717) is 11.8 Å². The standard InChI is InChI=1S/C15H30O2/c1-4-5-13-6-8-14(9-7-13)15(16)12(2)10-11-17-3/h12-16H,4-11H2,1-3H3. The summed E-state index contributed by atoms with van der Waals surface area (Å²) in [5.41, 5.74) is 0. The van der Waals surface area contributed by atoms with Crippen LogP contribution in [0.4, 0.5) is 0 Å². The van der Waals surface area contributed by atoms with Crippen molar-refractivity contribution in [2.45, 2.75) is 64.9 Å². The van der Waals surface area contributed by atoms with Gasteiger partial charge in [-0.15, -0.1) is 0 Å². The summed E-state index contributed by atoms with van der Waals surface area (Å²) < 4.78 is 5.09. The number of ether oxygens (including phenoxy) is 1. The molecule has 0 aromatic heterocycles. The van der Waals surface area contributed by atoms with Crippen molar-refractivity contribution in [1.29, 1.82) is 0 Å². The molecule has 2 atom stereocenters. The smallest absolute Gasteiger partial charge is 0.0594 e. The summed E-state index contributed by atoms with van der Waals surface area (Å²) in [5.74, 6) is 1.84. The first-order valence-electron chi connectivity index (χ1n) is 7.36. The van der Waals surface area contributed by atoms with Gasteiger partial charge in [0, 0.05) is 13.7 Å². The first-order valence-corrected chi connectivity index (χ1v) is 7.36. The molecule has 102 valence electrons. The van der Waals surface area contributed by atoms with Gasteiger partial charge in [-0.05, 0) is 37.0 Å². The highest BCUT2D eigenvalue weighted by Crippen LogP contribution is 2.35. The van der Waals surface area contributed by atoms with Crippen LogP contribution in [0, 0.1) is 17.8 Å². The van der Waals surface area contributed by atoms with Gasteiger partial charge in [0.25, 0.3) is 0 Å². The van der Waals surface area contributed by atoms with E-state index < -0.39 is 0 Å². The first kappa shape index (κ1) is 15.0. The molecule has 0 radical (unpaired) electrons. The van der Waals surface area contributed by atoms with Gasteiger partial charge in [-0.2, -0.15) is 0 Å². The third-order valence-corrected chi connectivity index (χ3v) is 4.43. The summed E-state index contributed by atoms with van der Waals surface area (Å²) in [4.78, 5) is 0. The Kier molecular flexibility index (Phi) is 7.14. The molecule has 0 heterocycles. The lowest BCUT2D eigenvalue weighted by Crippen LogP contribution is -2.31. The lowest BCUT2D eigenvalue weighted by Gasteiger charge is -2.34. The molecule has 0 bridgehead atoms. The van der Waals surface area contributed by atoms with Crippen molar-refractivity contribution in [2.75, 3.05) is 13.7 Å². The van der Waals surface area contributed by atoms with Gasteiger partial charge in [-0.3, -0.25) is 0 Å². The fourth-order valence-electron chi connectivity index (χ4n) is 3.17. The van der Waals surface area contributed by atoms with E-state index in [0.717, 1.165) is 18.9 Å². The predicted molar refractivity (Wildman–Crippen MR) is 72.0 cm³/mol. The maximum Gasteiger partial charge on any atom is 0.0594 e. The van der Waals surface area contributed by atoms with Crippen molar-refractivity contribution in [3.8, 4) is 0 Å². The average Bonchev–Trinajstić information content (AvgIpc) is 2.36. The molecule has 2 heteroatoms. The second kappa shape index (κ2) is 8.10. The molecule has 1 aliphatic rings. The monoisotopic (exact) mass is 242 g/mol. The van der Waals surface area contributed by atoms with Crippen LogP contribution >= 0.6 is 0 Å². The molecule has 1 N–H and O–H groups in total. The van der Waals surface area contributed by atoms with E-state index in [9.17, 15) is 5.11 Å². The SMILES string of the molecule is CCCC1CCC(C(O)C(C)CCOC)CC1. The molecular formula is C15H30O2. The summed E-state index contributed by atoms with van der Waals surface area (Å²) in [6.07, 6.45) is 8.65. The molecule has 0 spiro atoms. The van der Waals surface area contributed by atoms with Gasteiger partial charge in [0.05, 0.1) is 6.10 Å². The zero-order chi connectivity index (χ0) is 12.7. The van der Waals surface area contributed by atoms with E-state index in [1.807, 2.05) is 0 Å². The molecular weight excluding hydrogens is 212 g/mol. The third-order valence-electron chi connectivity index (χ3n) is 4.43. The van der Waals surface area contributed by atoms with Gasteiger partial charge in [0.2, 0.25) is 0 Å². The van der Waals surface area contributed by atoms with Gasteiger partial charge in [-0.25, -0.2) is 0 Å². The van der Waals surface area contributed by atoms with E-state index in [-0.39, 0.29) is 6.10 Å². The van der Waals surface area contributed by atoms with Crippen LogP contribution < -0.4 is 0 Å². The summed E-state index contributed by atoms with van der Waals surface area (Å²) >= 11 is 0. The zero-order valence-electron chi connectivity index (χ0n) is 11.8. The van der Waals surface area contributed by atoms with Crippen LogP contribution in [0.25, 0.3) is 0 Å². The van der Waals surface area contributed by atoms with Crippen LogP contribution in [0.5, 0.6) is 0 Å². The van der Waals surface area contributed by atoms with Crippen LogP contribution in [0.15, 0.2) is 0 Å². The fraction of sp³-hybridized carbons (Fsp3) is 1.00. The molecule has 1 aliphatic carbocycles. The lowest BCUT2D eigenvalue weighted by molar-refractivity contribution is 0.0197. The van der Waals surface area contributed by atoms with Gasteiger partial charge in [-0.1, -0.05) is 39.5 Å². The number of hydrogen-bond donors (Lipinski definition) is 1. The third kappa shape index (κ3) is 4.97. The van der Waals surface area contributed by atoms with Crippen LogP contribution in [0.2, 0.25) is 0 Å². The van der Waals surface area contributed by atoms with Crippen molar-refractivity contribution in [3.63, 3.8) is 0 Å². The predicted octanol–water partition coefficient (Wildman–Crippen LogP) is 3.63. The minimum atomic E-state index is -0.118. The van der Waals surface area contributed by atoms with Crippen LogP contribution in [-0.2, 0) is 4.74 Å². The van der Waals surface area contributed by atoms with Crippen molar-refractivity contribution < 1.29 is 9.84 Å².